The summed E-state index contributed by atoms with van der Waals surface area (Å²) < 4.78 is 6.53. The van der Waals surface area contributed by atoms with Gasteiger partial charge in [0.2, 0.25) is 0 Å². The van der Waals surface area contributed by atoms with Crippen LogP contribution in [0.1, 0.15) is 19.4 Å². The number of anilines is 1. The Labute approximate surface area is 121 Å². The fraction of sp³-hybridized carbons (Fsp3) is 0.462. The molecule has 0 atom stereocenters. The van der Waals surface area contributed by atoms with Gasteiger partial charge in [0.15, 0.2) is 0 Å². The summed E-state index contributed by atoms with van der Waals surface area (Å²) in [6, 6.07) is 6.05. The third-order valence-electron chi connectivity index (χ3n) is 3.16. The van der Waals surface area contributed by atoms with E-state index in [0.29, 0.717) is 11.6 Å². The van der Waals surface area contributed by atoms with E-state index in [1.807, 2.05) is 12.1 Å². The molecule has 1 aliphatic rings. The summed E-state index contributed by atoms with van der Waals surface area (Å²) in [5.41, 5.74) is 7.78. The van der Waals surface area contributed by atoms with Crippen molar-refractivity contribution in [1.29, 1.82) is 0 Å². The van der Waals surface area contributed by atoms with Crippen LogP contribution < -0.4 is 10.6 Å². The molecule has 0 aromatic heterocycles. The molecule has 0 saturated carbocycles. The summed E-state index contributed by atoms with van der Waals surface area (Å²) in [5, 5.41) is 0. The van der Waals surface area contributed by atoms with Gasteiger partial charge in [0, 0.05) is 22.3 Å². The number of halogens is 1. The Hall–Kier alpha value is -0.650. The van der Waals surface area contributed by atoms with E-state index in [1.54, 1.807) is 0 Å². The van der Waals surface area contributed by atoms with Crippen molar-refractivity contribution in [3.8, 4) is 0 Å². The average Bonchev–Trinajstić information content (AvgIpc) is 2.29. The summed E-state index contributed by atoms with van der Waals surface area (Å²) >= 11 is 8.61. The first-order valence-electron chi connectivity index (χ1n) is 5.86. The molecule has 1 aromatic carbocycles. The highest BCUT2D eigenvalue weighted by Crippen LogP contribution is 2.31. The Kier molecular flexibility index (Phi) is 3.94. The predicted octanol–water partition coefficient (Wildman–Crippen LogP) is 2.70. The van der Waals surface area contributed by atoms with Crippen LogP contribution in [0.25, 0.3) is 0 Å². The monoisotopic (exact) mass is 328 g/mol. The zero-order valence-corrected chi connectivity index (χ0v) is 13.0. The molecular weight excluding hydrogens is 312 g/mol. The summed E-state index contributed by atoms with van der Waals surface area (Å²) in [6.45, 7) is 6.62. The van der Waals surface area contributed by atoms with Crippen LogP contribution in [0.5, 0.6) is 0 Å². The molecule has 2 N–H and O–H groups in total. The van der Waals surface area contributed by atoms with Gasteiger partial charge in [0.25, 0.3) is 0 Å². The van der Waals surface area contributed by atoms with Gasteiger partial charge >= 0.3 is 0 Å². The third kappa shape index (κ3) is 2.68. The molecule has 1 aromatic rings. The number of morpholine rings is 1. The van der Waals surface area contributed by atoms with E-state index in [9.17, 15) is 0 Å². The molecule has 2 rings (SSSR count). The first-order valence-corrected chi connectivity index (χ1v) is 7.07. The van der Waals surface area contributed by atoms with E-state index in [4.69, 9.17) is 22.7 Å². The van der Waals surface area contributed by atoms with Gasteiger partial charge < -0.3 is 15.4 Å². The van der Waals surface area contributed by atoms with Gasteiger partial charge in [-0.25, -0.2) is 0 Å². The van der Waals surface area contributed by atoms with Crippen LogP contribution in [0.15, 0.2) is 22.7 Å². The Morgan fingerprint density at radius 2 is 2.22 bits per heavy atom. The van der Waals surface area contributed by atoms with E-state index < -0.39 is 0 Å². The molecule has 1 heterocycles. The van der Waals surface area contributed by atoms with Gasteiger partial charge in [-0.1, -0.05) is 28.1 Å². The average molecular weight is 329 g/mol. The molecule has 1 fully saturated rings. The van der Waals surface area contributed by atoms with Crippen LogP contribution in [-0.4, -0.2) is 30.3 Å². The second-order valence-electron chi connectivity index (χ2n) is 5.04. The van der Waals surface area contributed by atoms with Gasteiger partial charge in [-0.2, -0.15) is 0 Å². The molecule has 0 unspecified atom stereocenters. The van der Waals surface area contributed by atoms with Crippen molar-refractivity contribution in [2.45, 2.75) is 19.4 Å². The molecule has 1 aliphatic heterocycles. The van der Waals surface area contributed by atoms with Crippen molar-refractivity contribution in [3.63, 3.8) is 0 Å². The summed E-state index contributed by atoms with van der Waals surface area (Å²) in [7, 11) is 0. The first kappa shape index (κ1) is 13.8. The highest BCUT2D eigenvalue weighted by molar-refractivity contribution is 9.10. The van der Waals surface area contributed by atoms with Gasteiger partial charge in [0.1, 0.15) is 4.99 Å². The summed E-state index contributed by atoms with van der Waals surface area (Å²) in [4.78, 5) is 2.74. The zero-order valence-electron chi connectivity index (χ0n) is 10.6. The molecule has 0 amide bonds. The van der Waals surface area contributed by atoms with Crippen molar-refractivity contribution in [2.75, 3.05) is 24.7 Å². The maximum Gasteiger partial charge on any atom is 0.106 e. The van der Waals surface area contributed by atoms with Crippen LogP contribution in [0.2, 0.25) is 0 Å². The number of nitrogens with zero attached hydrogens (tertiary/aromatic N) is 1. The number of hydrogen-bond donors (Lipinski definition) is 1. The lowest BCUT2D eigenvalue weighted by Crippen LogP contribution is -2.53. The predicted molar refractivity (Wildman–Crippen MR) is 82.3 cm³/mol. The third-order valence-corrected chi connectivity index (χ3v) is 3.87. The van der Waals surface area contributed by atoms with Gasteiger partial charge in [-0.05, 0) is 32.0 Å². The van der Waals surface area contributed by atoms with Crippen molar-refractivity contribution >= 4 is 38.8 Å². The number of benzene rings is 1. The second-order valence-corrected chi connectivity index (χ2v) is 6.40. The minimum atomic E-state index is -0.0500. The van der Waals surface area contributed by atoms with Crippen LogP contribution in [-0.2, 0) is 4.74 Å². The lowest BCUT2D eigenvalue weighted by atomic mass is 9.99. The number of ether oxygens (including phenoxy) is 1. The maximum absolute atomic E-state index is 5.83. The minimum Gasteiger partial charge on any atom is -0.389 e. The Morgan fingerprint density at radius 1 is 1.50 bits per heavy atom. The van der Waals surface area contributed by atoms with Gasteiger partial charge in [-0.15, -0.1) is 0 Å². The highest BCUT2D eigenvalue weighted by Gasteiger charge is 2.32. The zero-order chi connectivity index (χ0) is 13.3. The molecule has 98 valence electrons. The van der Waals surface area contributed by atoms with Crippen molar-refractivity contribution in [3.05, 3.63) is 28.2 Å². The van der Waals surface area contributed by atoms with Gasteiger partial charge in [-0.3, -0.25) is 0 Å². The van der Waals surface area contributed by atoms with E-state index in [0.717, 1.165) is 28.9 Å². The lowest BCUT2D eigenvalue weighted by Gasteiger charge is -2.44. The van der Waals surface area contributed by atoms with Crippen LogP contribution in [0, 0.1) is 0 Å². The molecule has 0 bridgehead atoms. The van der Waals surface area contributed by atoms with Crippen LogP contribution in [0.4, 0.5) is 5.69 Å². The maximum atomic E-state index is 5.83. The largest absolute Gasteiger partial charge is 0.389 e. The van der Waals surface area contributed by atoms with E-state index in [1.165, 1.54) is 0 Å². The van der Waals surface area contributed by atoms with Crippen LogP contribution in [0.3, 0.4) is 0 Å². The molecule has 3 nitrogen and oxygen atoms in total. The minimum absolute atomic E-state index is 0.0500. The fourth-order valence-electron chi connectivity index (χ4n) is 2.25. The standard InChI is InChI=1S/C13H17BrN2OS/c1-13(2)8-17-6-5-16(13)11-4-3-9(14)7-10(11)12(15)18/h3-4,7H,5-6,8H2,1-2H3,(H2,15,18). The highest BCUT2D eigenvalue weighted by atomic mass is 79.9. The van der Waals surface area contributed by atoms with E-state index >= 15 is 0 Å². The molecular formula is C13H17BrN2OS. The number of thiocarbonyl (C=S) groups is 1. The molecule has 0 spiro atoms. The van der Waals surface area contributed by atoms with E-state index in [2.05, 4.69) is 40.7 Å². The Bertz CT molecular complexity index is 476. The van der Waals surface area contributed by atoms with Gasteiger partial charge in [0.05, 0.1) is 18.8 Å². The fourth-order valence-corrected chi connectivity index (χ4v) is 2.77. The second kappa shape index (κ2) is 5.15. The Balaban J connectivity index is 2.46. The van der Waals surface area contributed by atoms with E-state index in [-0.39, 0.29) is 5.54 Å². The molecule has 18 heavy (non-hydrogen) atoms. The number of nitrogens with two attached hydrogens (primary N) is 1. The Morgan fingerprint density at radius 3 is 2.83 bits per heavy atom. The molecule has 5 heteroatoms. The smallest absolute Gasteiger partial charge is 0.106 e. The SMILES string of the molecule is CC1(C)COCCN1c1ccc(Br)cc1C(N)=S. The number of hydrogen-bond acceptors (Lipinski definition) is 3. The van der Waals surface area contributed by atoms with Crippen molar-refractivity contribution in [1.82, 2.24) is 0 Å². The first-order chi connectivity index (χ1) is 8.42. The lowest BCUT2D eigenvalue weighted by molar-refractivity contribution is 0.0644. The molecule has 0 aliphatic carbocycles. The molecule has 1 saturated heterocycles. The quantitative estimate of drug-likeness (QED) is 0.847. The normalized spacial score (nSPS) is 18.7. The molecule has 0 radical (unpaired) electrons. The number of rotatable bonds is 2. The van der Waals surface area contributed by atoms with Crippen LogP contribution >= 0.6 is 28.1 Å². The summed E-state index contributed by atoms with van der Waals surface area (Å²) in [5.74, 6) is 0. The van der Waals surface area contributed by atoms with Crippen molar-refractivity contribution < 1.29 is 4.74 Å². The topological polar surface area (TPSA) is 38.5 Å². The summed E-state index contributed by atoms with van der Waals surface area (Å²) in [6.07, 6.45) is 0. The van der Waals surface area contributed by atoms with Crippen molar-refractivity contribution in [2.24, 2.45) is 5.73 Å².